The molecule has 23 heavy (non-hydrogen) atoms. The van der Waals surface area contributed by atoms with Crippen molar-refractivity contribution < 1.29 is 14.3 Å². The first-order valence-electron chi connectivity index (χ1n) is 7.82. The summed E-state index contributed by atoms with van der Waals surface area (Å²) in [6.07, 6.45) is 2.92. The number of hydrogen-bond acceptors (Lipinski definition) is 5. The SMILES string of the molecule is Cc1nc(C2CCCCN2C(=O)c2cccc3c2OCO3)n[nH]1. The van der Waals surface area contributed by atoms with Gasteiger partial charge >= 0.3 is 0 Å². The Bertz CT molecular complexity index is 743. The zero-order valence-corrected chi connectivity index (χ0v) is 12.9. The highest BCUT2D eigenvalue weighted by molar-refractivity contribution is 5.98. The summed E-state index contributed by atoms with van der Waals surface area (Å²) in [7, 11) is 0. The molecular weight excluding hydrogens is 296 g/mol. The van der Waals surface area contributed by atoms with Crippen LogP contribution in [0.15, 0.2) is 18.2 Å². The summed E-state index contributed by atoms with van der Waals surface area (Å²) < 4.78 is 10.8. The van der Waals surface area contributed by atoms with Gasteiger partial charge in [-0.15, -0.1) is 0 Å². The molecule has 7 nitrogen and oxygen atoms in total. The van der Waals surface area contributed by atoms with E-state index in [1.54, 1.807) is 6.07 Å². The van der Waals surface area contributed by atoms with Gasteiger partial charge in [0.15, 0.2) is 17.3 Å². The molecule has 1 saturated heterocycles. The Morgan fingerprint density at radius 1 is 1.35 bits per heavy atom. The van der Waals surface area contributed by atoms with E-state index in [1.165, 1.54) is 0 Å². The summed E-state index contributed by atoms with van der Waals surface area (Å²) >= 11 is 0. The van der Waals surface area contributed by atoms with Crippen LogP contribution in [0.5, 0.6) is 11.5 Å². The second-order valence-electron chi connectivity index (χ2n) is 5.83. The molecule has 2 aliphatic rings. The molecule has 1 aromatic carbocycles. The summed E-state index contributed by atoms with van der Waals surface area (Å²) in [5, 5.41) is 7.12. The van der Waals surface area contributed by atoms with Crippen molar-refractivity contribution in [3.05, 3.63) is 35.4 Å². The van der Waals surface area contributed by atoms with Crippen molar-refractivity contribution in [1.29, 1.82) is 0 Å². The summed E-state index contributed by atoms with van der Waals surface area (Å²) in [6, 6.07) is 5.31. The fraction of sp³-hybridized carbons (Fsp3) is 0.438. The van der Waals surface area contributed by atoms with Crippen molar-refractivity contribution in [3.63, 3.8) is 0 Å². The van der Waals surface area contributed by atoms with E-state index in [0.29, 0.717) is 29.4 Å². The molecule has 1 aromatic heterocycles. The number of hydrogen-bond donors (Lipinski definition) is 1. The van der Waals surface area contributed by atoms with Gasteiger partial charge in [0.1, 0.15) is 5.82 Å². The van der Waals surface area contributed by atoms with Gasteiger partial charge in [-0.3, -0.25) is 9.89 Å². The minimum Gasteiger partial charge on any atom is -0.454 e. The number of fused-ring (bicyclic) bond motifs is 1. The molecule has 7 heteroatoms. The Morgan fingerprint density at radius 2 is 2.26 bits per heavy atom. The first-order chi connectivity index (χ1) is 11.2. The molecule has 1 N–H and O–H groups in total. The van der Waals surface area contributed by atoms with Crippen LogP contribution in [0.2, 0.25) is 0 Å². The molecule has 4 rings (SSSR count). The molecule has 1 amide bonds. The topological polar surface area (TPSA) is 80.3 Å². The summed E-state index contributed by atoms with van der Waals surface area (Å²) in [5.74, 6) is 2.54. The third-order valence-corrected chi connectivity index (χ3v) is 4.30. The maximum absolute atomic E-state index is 13.1. The number of H-pyrrole nitrogens is 1. The zero-order valence-electron chi connectivity index (χ0n) is 12.9. The number of carbonyl (C=O) groups excluding carboxylic acids is 1. The van der Waals surface area contributed by atoms with E-state index in [9.17, 15) is 4.79 Å². The number of aryl methyl sites for hydroxylation is 1. The molecule has 2 aromatic rings. The number of piperidine rings is 1. The molecule has 2 aliphatic heterocycles. The number of amides is 1. The van der Waals surface area contributed by atoms with Crippen molar-refractivity contribution in [2.45, 2.75) is 32.2 Å². The smallest absolute Gasteiger partial charge is 0.258 e. The molecule has 1 fully saturated rings. The zero-order chi connectivity index (χ0) is 15.8. The number of aromatic nitrogens is 3. The lowest BCUT2D eigenvalue weighted by atomic mass is 10.00. The van der Waals surface area contributed by atoms with Gasteiger partial charge in [0.25, 0.3) is 5.91 Å². The fourth-order valence-corrected chi connectivity index (χ4v) is 3.21. The van der Waals surface area contributed by atoms with Gasteiger partial charge in [-0.1, -0.05) is 6.07 Å². The van der Waals surface area contributed by atoms with Crippen molar-refractivity contribution >= 4 is 5.91 Å². The molecule has 3 heterocycles. The van der Waals surface area contributed by atoms with Crippen LogP contribution in [0.4, 0.5) is 0 Å². The molecule has 120 valence electrons. The van der Waals surface area contributed by atoms with E-state index in [2.05, 4.69) is 15.2 Å². The van der Waals surface area contributed by atoms with Crippen LogP contribution in [-0.4, -0.2) is 39.3 Å². The van der Waals surface area contributed by atoms with Gasteiger partial charge < -0.3 is 14.4 Å². The Hall–Kier alpha value is -2.57. The summed E-state index contributed by atoms with van der Waals surface area (Å²) in [6.45, 7) is 2.71. The Labute approximate surface area is 133 Å². The standard InChI is InChI=1S/C16H18N4O3/c1-10-17-15(19-18-10)12-6-2-3-8-20(12)16(21)11-5-4-7-13-14(11)23-9-22-13/h4-5,7,12H,2-3,6,8-9H2,1H3,(H,17,18,19). The predicted octanol–water partition coefficient (Wildman–Crippen LogP) is 2.21. The minimum absolute atomic E-state index is 0.0560. The number of likely N-dealkylation sites (tertiary alicyclic amines) is 1. The molecule has 0 aliphatic carbocycles. The Balaban J connectivity index is 1.67. The van der Waals surface area contributed by atoms with Crippen LogP contribution in [0, 0.1) is 6.92 Å². The summed E-state index contributed by atoms with van der Waals surface area (Å²) in [5.41, 5.74) is 0.541. The normalized spacial score (nSPS) is 19.9. The van der Waals surface area contributed by atoms with Crippen molar-refractivity contribution in [2.24, 2.45) is 0 Å². The highest BCUT2D eigenvalue weighted by Gasteiger charge is 2.33. The molecular formula is C16H18N4O3. The van der Waals surface area contributed by atoms with Crippen molar-refractivity contribution in [2.75, 3.05) is 13.3 Å². The lowest BCUT2D eigenvalue weighted by molar-refractivity contribution is 0.0596. The van der Waals surface area contributed by atoms with E-state index in [1.807, 2.05) is 24.0 Å². The van der Waals surface area contributed by atoms with Crippen LogP contribution in [0.25, 0.3) is 0 Å². The number of nitrogens with zero attached hydrogens (tertiary/aromatic N) is 3. The third-order valence-electron chi connectivity index (χ3n) is 4.30. The number of carbonyl (C=O) groups is 1. The lowest BCUT2D eigenvalue weighted by Gasteiger charge is -2.34. The average Bonchev–Trinajstić information content (AvgIpc) is 3.22. The van der Waals surface area contributed by atoms with Gasteiger partial charge in [-0.05, 0) is 38.3 Å². The lowest BCUT2D eigenvalue weighted by Crippen LogP contribution is -2.39. The predicted molar refractivity (Wildman–Crippen MR) is 81.3 cm³/mol. The first kappa shape index (κ1) is 14.0. The Kier molecular flexibility index (Phi) is 3.40. The van der Waals surface area contributed by atoms with E-state index in [0.717, 1.165) is 25.1 Å². The fourth-order valence-electron chi connectivity index (χ4n) is 3.21. The number of aromatic amines is 1. The second-order valence-corrected chi connectivity index (χ2v) is 5.83. The number of nitrogens with one attached hydrogen (secondary N) is 1. The van der Waals surface area contributed by atoms with E-state index >= 15 is 0 Å². The second kappa shape index (κ2) is 5.57. The monoisotopic (exact) mass is 314 g/mol. The van der Waals surface area contributed by atoms with Gasteiger partial charge in [0, 0.05) is 6.54 Å². The van der Waals surface area contributed by atoms with E-state index in [-0.39, 0.29) is 18.7 Å². The number of benzene rings is 1. The molecule has 1 atom stereocenters. The van der Waals surface area contributed by atoms with Gasteiger partial charge in [-0.2, -0.15) is 5.10 Å². The van der Waals surface area contributed by atoms with Crippen molar-refractivity contribution in [3.8, 4) is 11.5 Å². The quantitative estimate of drug-likeness (QED) is 0.919. The average molecular weight is 314 g/mol. The molecule has 1 unspecified atom stereocenters. The number of ether oxygens (including phenoxy) is 2. The minimum atomic E-state index is -0.0978. The maximum Gasteiger partial charge on any atom is 0.258 e. The molecule has 0 spiro atoms. The largest absolute Gasteiger partial charge is 0.454 e. The van der Waals surface area contributed by atoms with Crippen molar-refractivity contribution in [1.82, 2.24) is 20.1 Å². The number of rotatable bonds is 2. The Morgan fingerprint density at radius 3 is 3.09 bits per heavy atom. The third kappa shape index (κ3) is 2.42. The maximum atomic E-state index is 13.1. The molecule has 0 radical (unpaired) electrons. The molecule has 0 saturated carbocycles. The van der Waals surface area contributed by atoms with E-state index in [4.69, 9.17) is 9.47 Å². The van der Waals surface area contributed by atoms with E-state index < -0.39 is 0 Å². The highest BCUT2D eigenvalue weighted by Crippen LogP contribution is 2.38. The van der Waals surface area contributed by atoms with Crippen LogP contribution in [0.1, 0.15) is 47.3 Å². The van der Waals surface area contributed by atoms with Gasteiger partial charge in [0.2, 0.25) is 6.79 Å². The van der Waals surface area contributed by atoms with Crippen LogP contribution >= 0.6 is 0 Å². The van der Waals surface area contributed by atoms with Gasteiger partial charge in [0.05, 0.1) is 11.6 Å². The highest BCUT2D eigenvalue weighted by atomic mass is 16.7. The number of para-hydroxylation sites is 1. The summed E-state index contributed by atoms with van der Waals surface area (Å²) in [4.78, 5) is 19.3. The van der Waals surface area contributed by atoms with Crippen LogP contribution < -0.4 is 9.47 Å². The van der Waals surface area contributed by atoms with Gasteiger partial charge in [-0.25, -0.2) is 4.98 Å². The van der Waals surface area contributed by atoms with Crippen LogP contribution in [0.3, 0.4) is 0 Å². The first-order valence-corrected chi connectivity index (χ1v) is 7.82. The molecule has 0 bridgehead atoms. The van der Waals surface area contributed by atoms with Crippen LogP contribution in [-0.2, 0) is 0 Å².